The lowest BCUT2D eigenvalue weighted by Gasteiger charge is -2.07. The average molecular weight is 405 g/mol. The Morgan fingerprint density at radius 2 is 1.73 bits per heavy atom. The third-order valence-electron chi connectivity index (χ3n) is 4.92. The first-order valence-electron chi connectivity index (χ1n) is 10.1. The Labute approximate surface area is 177 Å². The van der Waals surface area contributed by atoms with Crippen molar-refractivity contribution >= 4 is 11.0 Å². The molecule has 1 aromatic heterocycles. The van der Waals surface area contributed by atoms with E-state index in [4.69, 9.17) is 13.9 Å². The molecule has 0 amide bonds. The van der Waals surface area contributed by atoms with E-state index in [1.54, 1.807) is 19.2 Å². The van der Waals surface area contributed by atoms with E-state index in [1.165, 1.54) is 17.4 Å². The molecule has 0 saturated heterocycles. The van der Waals surface area contributed by atoms with Crippen LogP contribution in [-0.2, 0) is 0 Å². The predicted octanol–water partition coefficient (Wildman–Crippen LogP) is 6.54. The van der Waals surface area contributed by atoms with Crippen molar-refractivity contribution in [3.8, 4) is 22.6 Å². The van der Waals surface area contributed by atoms with Crippen molar-refractivity contribution in [2.24, 2.45) is 0 Å². The summed E-state index contributed by atoms with van der Waals surface area (Å²) in [5.74, 6) is 1.42. The SMILES string of the molecule is COc1ccc(-c2coc3cc(OCC=C(C)CCC=C(C)C)ccc3c2=O)cc1. The molecular formula is C26H28O4. The number of benzene rings is 2. The van der Waals surface area contributed by atoms with E-state index in [0.717, 1.165) is 24.2 Å². The van der Waals surface area contributed by atoms with E-state index in [9.17, 15) is 4.79 Å². The summed E-state index contributed by atoms with van der Waals surface area (Å²) in [5.41, 5.74) is 4.40. The number of ether oxygens (including phenoxy) is 2. The summed E-state index contributed by atoms with van der Waals surface area (Å²) in [6, 6.07) is 12.7. The second kappa shape index (κ2) is 9.97. The van der Waals surface area contributed by atoms with Gasteiger partial charge in [-0.05, 0) is 69.5 Å². The molecule has 0 bridgehead atoms. The molecule has 3 aromatic rings. The lowest BCUT2D eigenvalue weighted by Crippen LogP contribution is -2.05. The molecule has 0 aliphatic heterocycles. The largest absolute Gasteiger partial charge is 0.497 e. The molecule has 0 spiro atoms. The lowest BCUT2D eigenvalue weighted by atomic mass is 10.1. The van der Waals surface area contributed by atoms with Gasteiger partial charge in [-0.15, -0.1) is 0 Å². The van der Waals surface area contributed by atoms with Crippen LogP contribution in [0.2, 0.25) is 0 Å². The average Bonchev–Trinajstić information content (AvgIpc) is 2.74. The molecule has 4 nitrogen and oxygen atoms in total. The summed E-state index contributed by atoms with van der Waals surface area (Å²) in [7, 11) is 1.61. The Morgan fingerprint density at radius 3 is 2.43 bits per heavy atom. The summed E-state index contributed by atoms with van der Waals surface area (Å²) in [5, 5.41) is 0.532. The fourth-order valence-corrected chi connectivity index (χ4v) is 3.14. The van der Waals surface area contributed by atoms with Gasteiger partial charge in [0.2, 0.25) is 0 Å². The van der Waals surface area contributed by atoms with Crippen molar-refractivity contribution in [1.82, 2.24) is 0 Å². The Kier molecular flexibility index (Phi) is 7.12. The highest BCUT2D eigenvalue weighted by Crippen LogP contribution is 2.24. The number of fused-ring (bicyclic) bond motifs is 1. The highest BCUT2D eigenvalue weighted by molar-refractivity contribution is 5.82. The maximum atomic E-state index is 12.9. The number of methoxy groups -OCH3 is 1. The van der Waals surface area contributed by atoms with Crippen LogP contribution in [0, 0.1) is 0 Å². The van der Waals surface area contributed by atoms with Gasteiger partial charge < -0.3 is 13.9 Å². The standard InChI is InChI=1S/C26H28O4/c1-18(2)6-5-7-19(3)14-15-29-22-12-13-23-25(16-22)30-17-24(26(23)27)20-8-10-21(28-4)11-9-20/h6,8-14,16-17H,5,7,15H2,1-4H3. The van der Waals surface area contributed by atoms with E-state index < -0.39 is 0 Å². The number of hydrogen-bond donors (Lipinski definition) is 0. The molecule has 0 fully saturated rings. The summed E-state index contributed by atoms with van der Waals surface area (Å²) in [6.45, 7) is 6.82. The second-order valence-electron chi connectivity index (χ2n) is 7.55. The first-order chi connectivity index (χ1) is 14.5. The van der Waals surface area contributed by atoms with Crippen LogP contribution >= 0.6 is 0 Å². The van der Waals surface area contributed by atoms with Crippen LogP contribution in [-0.4, -0.2) is 13.7 Å². The molecule has 0 radical (unpaired) electrons. The summed E-state index contributed by atoms with van der Waals surface area (Å²) >= 11 is 0. The van der Waals surface area contributed by atoms with Crippen LogP contribution in [0.4, 0.5) is 0 Å². The number of hydrogen-bond acceptors (Lipinski definition) is 4. The zero-order valence-electron chi connectivity index (χ0n) is 18.0. The maximum Gasteiger partial charge on any atom is 0.200 e. The molecule has 0 atom stereocenters. The van der Waals surface area contributed by atoms with Crippen molar-refractivity contribution < 1.29 is 13.9 Å². The Morgan fingerprint density at radius 1 is 1.00 bits per heavy atom. The van der Waals surface area contributed by atoms with E-state index in [-0.39, 0.29) is 5.43 Å². The van der Waals surface area contributed by atoms with Gasteiger partial charge in [0, 0.05) is 6.07 Å². The summed E-state index contributed by atoms with van der Waals surface area (Å²) in [4.78, 5) is 12.9. The molecule has 0 N–H and O–H groups in total. The smallest absolute Gasteiger partial charge is 0.200 e. The van der Waals surface area contributed by atoms with Crippen molar-refractivity contribution in [1.29, 1.82) is 0 Å². The van der Waals surface area contributed by atoms with E-state index in [2.05, 4.69) is 32.9 Å². The second-order valence-corrected chi connectivity index (χ2v) is 7.55. The Bertz CT molecular complexity index is 1110. The van der Waals surface area contributed by atoms with E-state index in [1.807, 2.05) is 30.3 Å². The Hall–Kier alpha value is -3.27. The highest BCUT2D eigenvalue weighted by Gasteiger charge is 2.10. The molecule has 156 valence electrons. The number of rotatable bonds is 8. The van der Waals surface area contributed by atoms with Crippen LogP contribution in [0.3, 0.4) is 0 Å². The molecule has 0 aliphatic rings. The zero-order chi connectivity index (χ0) is 21.5. The molecule has 0 aliphatic carbocycles. The van der Waals surface area contributed by atoms with Gasteiger partial charge >= 0.3 is 0 Å². The maximum absolute atomic E-state index is 12.9. The van der Waals surface area contributed by atoms with Gasteiger partial charge in [0.25, 0.3) is 0 Å². The lowest BCUT2D eigenvalue weighted by molar-refractivity contribution is 0.361. The van der Waals surface area contributed by atoms with Crippen LogP contribution in [0.5, 0.6) is 11.5 Å². The van der Waals surface area contributed by atoms with E-state index in [0.29, 0.717) is 28.9 Å². The summed E-state index contributed by atoms with van der Waals surface area (Å²) in [6.07, 6.45) is 7.90. The molecule has 0 saturated carbocycles. The Balaban J connectivity index is 1.72. The molecule has 1 heterocycles. The first kappa shape index (κ1) is 21.4. The topological polar surface area (TPSA) is 48.7 Å². The van der Waals surface area contributed by atoms with Crippen molar-refractivity contribution in [3.63, 3.8) is 0 Å². The molecule has 30 heavy (non-hydrogen) atoms. The molecule has 0 unspecified atom stereocenters. The fraction of sp³-hybridized carbons (Fsp3) is 0.269. The van der Waals surface area contributed by atoms with Crippen molar-refractivity contribution in [2.75, 3.05) is 13.7 Å². The van der Waals surface area contributed by atoms with Crippen LogP contribution in [0.1, 0.15) is 33.6 Å². The first-order valence-corrected chi connectivity index (χ1v) is 10.1. The van der Waals surface area contributed by atoms with Gasteiger partial charge in [0.15, 0.2) is 5.43 Å². The highest BCUT2D eigenvalue weighted by atomic mass is 16.5. The van der Waals surface area contributed by atoms with Gasteiger partial charge in [-0.1, -0.05) is 29.4 Å². The monoisotopic (exact) mass is 404 g/mol. The third kappa shape index (κ3) is 5.41. The predicted molar refractivity (Wildman–Crippen MR) is 122 cm³/mol. The minimum Gasteiger partial charge on any atom is -0.497 e. The van der Waals surface area contributed by atoms with Crippen LogP contribution < -0.4 is 14.9 Å². The minimum atomic E-state index is -0.0667. The minimum absolute atomic E-state index is 0.0667. The van der Waals surface area contributed by atoms with Crippen molar-refractivity contribution in [3.05, 3.63) is 82.2 Å². The van der Waals surface area contributed by atoms with Gasteiger partial charge in [-0.25, -0.2) is 0 Å². The molecular weight excluding hydrogens is 376 g/mol. The van der Waals surface area contributed by atoms with Crippen LogP contribution in [0.25, 0.3) is 22.1 Å². The quantitative estimate of drug-likeness (QED) is 0.400. The normalized spacial score (nSPS) is 11.4. The fourth-order valence-electron chi connectivity index (χ4n) is 3.14. The van der Waals surface area contributed by atoms with E-state index >= 15 is 0 Å². The van der Waals surface area contributed by atoms with Gasteiger partial charge in [-0.2, -0.15) is 0 Å². The van der Waals surface area contributed by atoms with Crippen LogP contribution in [0.15, 0.2) is 81.2 Å². The van der Waals surface area contributed by atoms with Gasteiger partial charge in [-0.3, -0.25) is 4.79 Å². The summed E-state index contributed by atoms with van der Waals surface area (Å²) < 4.78 is 16.7. The molecule has 2 aromatic carbocycles. The van der Waals surface area contributed by atoms with Gasteiger partial charge in [0.05, 0.1) is 18.1 Å². The van der Waals surface area contributed by atoms with Gasteiger partial charge in [0.1, 0.15) is 30.0 Å². The third-order valence-corrected chi connectivity index (χ3v) is 4.92. The molecule has 4 heteroatoms. The number of allylic oxidation sites excluding steroid dienone is 3. The molecule has 3 rings (SSSR count). The zero-order valence-corrected chi connectivity index (χ0v) is 18.0. The van der Waals surface area contributed by atoms with Crippen molar-refractivity contribution in [2.45, 2.75) is 33.6 Å².